The Kier molecular flexibility index (Phi) is 2.25. The zero-order valence-corrected chi connectivity index (χ0v) is 5.50. The van der Waals surface area contributed by atoms with Crippen molar-refractivity contribution in [2.45, 2.75) is 6.43 Å². The predicted octanol–water partition coefficient (Wildman–Crippen LogP) is 1.83. The van der Waals surface area contributed by atoms with E-state index in [4.69, 9.17) is 0 Å². The minimum atomic E-state index is -2.64. The minimum absolute atomic E-state index is 0.00463. The molecule has 1 rings (SSSR count). The molecule has 0 fully saturated rings. The summed E-state index contributed by atoms with van der Waals surface area (Å²) in [6, 6.07) is 1.26. The molecule has 0 saturated carbocycles. The van der Waals surface area contributed by atoms with Crippen molar-refractivity contribution in [3.63, 3.8) is 0 Å². The highest BCUT2D eigenvalue weighted by Gasteiger charge is 2.11. The predicted molar refractivity (Wildman–Crippen MR) is 34.6 cm³/mol. The number of pyridine rings is 1. The Morgan fingerprint density at radius 1 is 1.55 bits per heavy atom. The maximum atomic E-state index is 12.0. The summed E-state index contributed by atoms with van der Waals surface area (Å²) < 4.78 is 24.0. The molecule has 0 radical (unpaired) electrons. The van der Waals surface area contributed by atoms with Gasteiger partial charge in [0.25, 0.3) is 6.43 Å². The number of nitrogens with zero attached hydrogens (tertiary/aromatic N) is 1. The summed E-state index contributed by atoms with van der Waals surface area (Å²) in [6.45, 7) is 0. The molecule has 11 heavy (non-hydrogen) atoms. The van der Waals surface area contributed by atoms with Crippen molar-refractivity contribution in [2.24, 2.45) is 0 Å². The number of aldehydes is 1. The molecule has 0 atom stereocenters. The van der Waals surface area contributed by atoms with Gasteiger partial charge in [-0.2, -0.15) is 0 Å². The minimum Gasteiger partial charge on any atom is -0.298 e. The molecule has 0 spiro atoms. The van der Waals surface area contributed by atoms with Crippen molar-refractivity contribution < 1.29 is 13.6 Å². The van der Waals surface area contributed by atoms with Gasteiger partial charge >= 0.3 is 0 Å². The lowest BCUT2D eigenvalue weighted by Gasteiger charge is -1.99. The van der Waals surface area contributed by atoms with Crippen LogP contribution in [0.15, 0.2) is 18.5 Å². The highest BCUT2D eigenvalue weighted by molar-refractivity contribution is 5.76. The molecule has 1 aromatic rings. The average Bonchev–Trinajstić information content (AvgIpc) is 2.04. The van der Waals surface area contributed by atoms with Gasteiger partial charge in [-0.3, -0.25) is 9.78 Å². The zero-order chi connectivity index (χ0) is 8.27. The lowest BCUT2D eigenvalue weighted by molar-refractivity contribution is 0.110. The van der Waals surface area contributed by atoms with Crippen LogP contribution >= 0.6 is 0 Å². The summed E-state index contributed by atoms with van der Waals surface area (Å²) in [5, 5.41) is 0. The largest absolute Gasteiger partial charge is 0.298 e. The standard InChI is InChI=1S/C7H5F2NO/c8-7(9)6-3-10-2-1-5(6)4-11/h1-4,7H. The fourth-order valence-electron chi connectivity index (χ4n) is 0.707. The molecule has 0 unspecified atom stereocenters. The third-order valence-electron chi connectivity index (χ3n) is 1.25. The zero-order valence-electron chi connectivity index (χ0n) is 5.50. The van der Waals surface area contributed by atoms with Gasteiger partial charge in [-0.05, 0) is 6.07 Å². The lowest BCUT2D eigenvalue weighted by Crippen LogP contribution is -1.93. The van der Waals surface area contributed by atoms with Gasteiger partial charge in [0.2, 0.25) is 0 Å². The molecule has 0 aliphatic carbocycles. The first-order valence-electron chi connectivity index (χ1n) is 2.93. The average molecular weight is 157 g/mol. The molecule has 1 heterocycles. The first kappa shape index (κ1) is 7.78. The molecule has 0 aromatic carbocycles. The fourth-order valence-corrected chi connectivity index (χ4v) is 0.707. The van der Waals surface area contributed by atoms with E-state index in [1.54, 1.807) is 0 Å². The van der Waals surface area contributed by atoms with Gasteiger partial charge in [-0.15, -0.1) is 0 Å². The SMILES string of the molecule is O=Cc1ccncc1C(F)F. The van der Waals surface area contributed by atoms with E-state index in [1.807, 2.05) is 0 Å². The van der Waals surface area contributed by atoms with Crippen molar-refractivity contribution in [3.05, 3.63) is 29.6 Å². The maximum absolute atomic E-state index is 12.0. The summed E-state index contributed by atoms with van der Waals surface area (Å²) in [5.41, 5.74) is -0.322. The van der Waals surface area contributed by atoms with Gasteiger partial charge in [-0.25, -0.2) is 8.78 Å². The maximum Gasteiger partial charge on any atom is 0.266 e. The molecule has 0 N–H and O–H groups in total. The van der Waals surface area contributed by atoms with Crippen LogP contribution in [0.5, 0.6) is 0 Å². The van der Waals surface area contributed by atoms with Gasteiger partial charge in [-0.1, -0.05) is 0 Å². The lowest BCUT2D eigenvalue weighted by atomic mass is 10.2. The Morgan fingerprint density at radius 2 is 2.27 bits per heavy atom. The van der Waals surface area contributed by atoms with Crippen molar-refractivity contribution in [1.29, 1.82) is 0 Å². The Morgan fingerprint density at radius 3 is 2.73 bits per heavy atom. The van der Waals surface area contributed by atoms with E-state index in [-0.39, 0.29) is 11.1 Å². The molecular formula is C7H5F2NO. The summed E-state index contributed by atoms with van der Waals surface area (Å²) in [4.78, 5) is 13.6. The molecule has 0 bridgehead atoms. The van der Waals surface area contributed by atoms with Crippen LogP contribution in [0.25, 0.3) is 0 Å². The molecule has 0 aliphatic rings. The fraction of sp³-hybridized carbons (Fsp3) is 0.143. The molecule has 58 valence electrons. The van der Waals surface area contributed by atoms with Crippen LogP contribution in [0.1, 0.15) is 22.3 Å². The van der Waals surface area contributed by atoms with Gasteiger partial charge in [0.1, 0.15) is 0 Å². The Labute approximate surface area is 61.9 Å². The summed E-state index contributed by atoms with van der Waals surface area (Å²) in [6.07, 6.45) is 0.0524. The molecule has 0 saturated heterocycles. The number of aromatic nitrogens is 1. The van der Waals surface area contributed by atoms with Crippen LogP contribution in [-0.2, 0) is 0 Å². The quantitative estimate of drug-likeness (QED) is 0.613. The molecule has 0 aliphatic heterocycles. The first-order chi connectivity index (χ1) is 5.25. The number of alkyl halides is 2. The van der Waals surface area contributed by atoms with Gasteiger partial charge < -0.3 is 0 Å². The molecule has 1 aromatic heterocycles. The Hall–Kier alpha value is -1.32. The van der Waals surface area contributed by atoms with Gasteiger partial charge in [0.15, 0.2) is 6.29 Å². The smallest absolute Gasteiger partial charge is 0.266 e. The van der Waals surface area contributed by atoms with Crippen molar-refractivity contribution in [1.82, 2.24) is 4.98 Å². The van der Waals surface area contributed by atoms with Crippen LogP contribution in [0.2, 0.25) is 0 Å². The van der Waals surface area contributed by atoms with Crippen molar-refractivity contribution >= 4 is 6.29 Å². The number of hydrogen-bond acceptors (Lipinski definition) is 2. The van der Waals surface area contributed by atoms with E-state index in [2.05, 4.69) is 4.98 Å². The van der Waals surface area contributed by atoms with Gasteiger partial charge in [0, 0.05) is 23.5 Å². The van der Waals surface area contributed by atoms with Crippen LogP contribution in [0.3, 0.4) is 0 Å². The third-order valence-corrected chi connectivity index (χ3v) is 1.25. The summed E-state index contributed by atoms with van der Waals surface area (Å²) in [7, 11) is 0. The Bertz CT molecular complexity index is 262. The number of halogens is 2. The van der Waals surface area contributed by atoms with Crippen molar-refractivity contribution in [2.75, 3.05) is 0 Å². The highest BCUT2D eigenvalue weighted by atomic mass is 19.3. The summed E-state index contributed by atoms with van der Waals surface area (Å²) >= 11 is 0. The van der Waals surface area contributed by atoms with E-state index in [0.29, 0.717) is 6.29 Å². The number of carbonyl (C=O) groups excluding carboxylic acids is 1. The van der Waals surface area contributed by atoms with E-state index < -0.39 is 6.43 Å². The second kappa shape index (κ2) is 3.18. The molecule has 0 amide bonds. The van der Waals surface area contributed by atoms with Crippen LogP contribution < -0.4 is 0 Å². The first-order valence-corrected chi connectivity index (χ1v) is 2.93. The molecule has 2 nitrogen and oxygen atoms in total. The van der Waals surface area contributed by atoms with Crippen LogP contribution in [0, 0.1) is 0 Å². The second-order valence-electron chi connectivity index (χ2n) is 1.92. The normalized spacial score (nSPS) is 10.1. The van der Waals surface area contributed by atoms with E-state index >= 15 is 0 Å². The van der Waals surface area contributed by atoms with Gasteiger partial charge in [0.05, 0.1) is 0 Å². The third kappa shape index (κ3) is 1.58. The Balaban J connectivity index is 3.12. The monoisotopic (exact) mass is 157 g/mol. The summed E-state index contributed by atoms with van der Waals surface area (Å²) in [5.74, 6) is 0. The van der Waals surface area contributed by atoms with E-state index in [0.717, 1.165) is 6.20 Å². The number of carbonyl (C=O) groups is 1. The highest BCUT2D eigenvalue weighted by Crippen LogP contribution is 2.19. The second-order valence-corrected chi connectivity index (χ2v) is 1.92. The van der Waals surface area contributed by atoms with Crippen LogP contribution in [0.4, 0.5) is 8.78 Å². The topological polar surface area (TPSA) is 30.0 Å². The number of rotatable bonds is 2. The van der Waals surface area contributed by atoms with Crippen molar-refractivity contribution in [3.8, 4) is 0 Å². The molecular weight excluding hydrogens is 152 g/mol. The van der Waals surface area contributed by atoms with Crippen LogP contribution in [-0.4, -0.2) is 11.3 Å². The molecule has 4 heteroatoms. The van der Waals surface area contributed by atoms with E-state index in [1.165, 1.54) is 12.3 Å². The number of hydrogen-bond donors (Lipinski definition) is 0. The van der Waals surface area contributed by atoms with E-state index in [9.17, 15) is 13.6 Å².